The SMILES string of the molecule is CC1(C)Oc2cc(OC3CC=CC3)ccc2-c2nn[se]c21. The molecule has 0 unspecified atom stereocenters. The third kappa shape index (κ3) is 2.21. The Balaban J connectivity index is 1.70. The molecule has 2 heterocycles. The molecule has 0 amide bonds. The van der Waals surface area contributed by atoms with Crippen molar-refractivity contribution < 1.29 is 9.47 Å². The van der Waals surface area contributed by atoms with Crippen LogP contribution in [0.3, 0.4) is 0 Å². The second-order valence-corrected chi connectivity index (χ2v) is 7.49. The molecule has 0 radical (unpaired) electrons. The van der Waals surface area contributed by atoms with Crippen LogP contribution < -0.4 is 9.47 Å². The zero-order valence-corrected chi connectivity index (χ0v) is 13.7. The topological polar surface area (TPSA) is 44.2 Å². The number of ether oxygens (including phenoxy) is 2. The van der Waals surface area contributed by atoms with Crippen LogP contribution in [-0.2, 0) is 5.60 Å². The summed E-state index contributed by atoms with van der Waals surface area (Å²) >= 11 is 0.0568. The van der Waals surface area contributed by atoms with E-state index in [2.05, 4.69) is 35.2 Å². The van der Waals surface area contributed by atoms with Gasteiger partial charge >= 0.3 is 129 Å². The van der Waals surface area contributed by atoms with Gasteiger partial charge in [0.2, 0.25) is 0 Å². The molecule has 4 nitrogen and oxygen atoms in total. The molecule has 0 bridgehead atoms. The van der Waals surface area contributed by atoms with Crippen LogP contribution in [0.2, 0.25) is 0 Å². The van der Waals surface area contributed by atoms with Crippen molar-refractivity contribution in [2.24, 2.45) is 0 Å². The molecule has 1 aromatic carbocycles. The van der Waals surface area contributed by atoms with Gasteiger partial charge in [0.15, 0.2) is 0 Å². The number of nitrogens with zero attached hydrogens (tertiary/aromatic N) is 2. The van der Waals surface area contributed by atoms with E-state index in [0.717, 1.165) is 35.6 Å². The number of hydrogen-bond acceptors (Lipinski definition) is 4. The molecule has 0 fully saturated rings. The predicted octanol–water partition coefficient (Wildman–Crippen LogP) is 2.93. The van der Waals surface area contributed by atoms with Crippen molar-refractivity contribution >= 4 is 14.7 Å². The number of fused-ring (bicyclic) bond motifs is 3. The maximum atomic E-state index is 6.18. The van der Waals surface area contributed by atoms with E-state index in [1.165, 1.54) is 4.44 Å². The fraction of sp³-hybridized carbons (Fsp3) is 0.375. The van der Waals surface area contributed by atoms with Crippen LogP contribution in [0.5, 0.6) is 11.5 Å². The van der Waals surface area contributed by atoms with Crippen LogP contribution in [0.15, 0.2) is 30.4 Å². The molecule has 21 heavy (non-hydrogen) atoms. The van der Waals surface area contributed by atoms with E-state index in [9.17, 15) is 0 Å². The molecule has 4 rings (SSSR count). The van der Waals surface area contributed by atoms with Gasteiger partial charge in [0.1, 0.15) is 0 Å². The van der Waals surface area contributed by atoms with Gasteiger partial charge in [-0.2, -0.15) is 0 Å². The predicted molar refractivity (Wildman–Crippen MR) is 80.9 cm³/mol. The van der Waals surface area contributed by atoms with E-state index >= 15 is 0 Å². The molecule has 2 aliphatic rings. The summed E-state index contributed by atoms with van der Waals surface area (Å²) in [7, 11) is 0. The molecule has 5 heteroatoms. The molecule has 0 atom stereocenters. The van der Waals surface area contributed by atoms with Crippen molar-refractivity contribution in [3.8, 4) is 22.8 Å². The third-order valence-corrected chi connectivity index (χ3v) is 6.04. The molecule has 0 saturated heterocycles. The van der Waals surface area contributed by atoms with E-state index in [1.807, 2.05) is 18.2 Å². The Bertz CT molecular complexity index is 713. The van der Waals surface area contributed by atoms with Gasteiger partial charge in [-0.3, -0.25) is 0 Å². The summed E-state index contributed by atoms with van der Waals surface area (Å²) in [5.74, 6) is 1.71. The molecule has 0 spiro atoms. The van der Waals surface area contributed by atoms with Crippen LogP contribution in [0.25, 0.3) is 11.3 Å². The molecule has 0 N–H and O–H groups in total. The zero-order chi connectivity index (χ0) is 14.4. The first kappa shape index (κ1) is 13.1. The Labute approximate surface area is 129 Å². The average Bonchev–Trinajstić information content (AvgIpc) is 3.08. The number of rotatable bonds is 2. The summed E-state index contributed by atoms with van der Waals surface area (Å²) < 4.78 is 17.6. The van der Waals surface area contributed by atoms with Gasteiger partial charge in [-0.15, -0.1) is 0 Å². The molecule has 108 valence electrons. The molecule has 0 saturated carbocycles. The van der Waals surface area contributed by atoms with Gasteiger partial charge < -0.3 is 0 Å². The van der Waals surface area contributed by atoms with E-state index in [0.29, 0.717) is 0 Å². The van der Waals surface area contributed by atoms with E-state index in [1.54, 1.807) is 0 Å². The summed E-state index contributed by atoms with van der Waals surface area (Å²) in [5, 5.41) is 4.33. The maximum absolute atomic E-state index is 6.18. The standard InChI is InChI=1S/C16H16N2O2Se/c1-16(2)15-14(17-18-21-15)12-8-7-11(9-13(12)20-16)19-10-5-3-4-6-10/h3-4,7-10H,5-6H2,1-2H3. The fourth-order valence-corrected chi connectivity index (χ4v) is 4.29. The molecule has 1 aromatic heterocycles. The van der Waals surface area contributed by atoms with Gasteiger partial charge in [-0.05, 0) is 0 Å². The Hall–Kier alpha value is -1.58. The average molecular weight is 347 g/mol. The first-order chi connectivity index (χ1) is 10.1. The number of hydrogen-bond donors (Lipinski definition) is 0. The second-order valence-electron chi connectivity index (χ2n) is 5.90. The van der Waals surface area contributed by atoms with Crippen molar-refractivity contribution in [2.45, 2.75) is 38.4 Å². The van der Waals surface area contributed by atoms with Crippen LogP contribution in [-0.4, -0.2) is 30.0 Å². The van der Waals surface area contributed by atoms with Gasteiger partial charge in [0.05, 0.1) is 0 Å². The van der Waals surface area contributed by atoms with E-state index in [4.69, 9.17) is 9.47 Å². The van der Waals surface area contributed by atoms with E-state index in [-0.39, 0.29) is 26.4 Å². The van der Waals surface area contributed by atoms with E-state index < -0.39 is 0 Å². The zero-order valence-electron chi connectivity index (χ0n) is 12.0. The molecular formula is C16H16N2O2Se. The molecule has 2 aromatic rings. The summed E-state index contributed by atoms with van der Waals surface area (Å²) in [4.78, 5) is 0. The van der Waals surface area contributed by atoms with Crippen molar-refractivity contribution in [2.75, 3.05) is 0 Å². The van der Waals surface area contributed by atoms with Gasteiger partial charge in [0, 0.05) is 0 Å². The summed E-state index contributed by atoms with van der Waals surface area (Å²) in [5.41, 5.74) is 1.69. The molecular weight excluding hydrogens is 331 g/mol. The van der Waals surface area contributed by atoms with Gasteiger partial charge in [0.25, 0.3) is 0 Å². The molecule has 1 aliphatic heterocycles. The number of aromatic nitrogens is 2. The third-order valence-electron chi connectivity index (χ3n) is 3.88. The Morgan fingerprint density at radius 1 is 1.29 bits per heavy atom. The minimum atomic E-state index is -0.334. The van der Waals surface area contributed by atoms with Crippen LogP contribution in [0.4, 0.5) is 0 Å². The fourth-order valence-electron chi connectivity index (χ4n) is 2.82. The van der Waals surface area contributed by atoms with Crippen molar-refractivity contribution in [3.05, 3.63) is 34.8 Å². The Morgan fingerprint density at radius 3 is 2.90 bits per heavy atom. The first-order valence-corrected chi connectivity index (χ1v) is 8.74. The Morgan fingerprint density at radius 2 is 2.10 bits per heavy atom. The van der Waals surface area contributed by atoms with Gasteiger partial charge in [-0.1, -0.05) is 0 Å². The van der Waals surface area contributed by atoms with Crippen LogP contribution >= 0.6 is 0 Å². The van der Waals surface area contributed by atoms with Crippen molar-refractivity contribution in [1.82, 2.24) is 9.19 Å². The van der Waals surface area contributed by atoms with Gasteiger partial charge in [-0.25, -0.2) is 0 Å². The quantitative estimate of drug-likeness (QED) is 0.619. The second kappa shape index (κ2) is 4.72. The summed E-state index contributed by atoms with van der Waals surface area (Å²) in [6.07, 6.45) is 6.55. The van der Waals surface area contributed by atoms with Crippen molar-refractivity contribution in [1.29, 1.82) is 0 Å². The summed E-state index contributed by atoms with van der Waals surface area (Å²) in [6, 6.07) is 6.03. The minimum absolute atomic E-state index is 0.0568. The van der Waals surface area contributed by atoms with Crippen LogP contribution in [0, 0.1) is 0 Å². The van der Waals surface area contributed by atoms with Crippen LogP contribution in [0.1, 0.15) is 31.1 Å². The van der Waals surface area contributed by atoms with Crippen molar-refractivity contribution in [3.63, 3.8) is 0 Å². The normalized spacial score (nSPS) is 19.0. The first-order valence-electron chi connectivity index (χ1n) is 7.11. The Kier molecular flexibility index (Phi) is 2.94. The number of benzene rings is 1. The molecule has 1 aliphatic carbocycles. The summed E-state index contributed by atoms with van der Waals surface area (Å²) in [6.45, 7) is 4.16. The monoisotopic (exact) mass is 348 g/mol.